The Morgan fingerprint density at radius 2 is 2.24 bits per heavy atom. The number of halogens is 1. The van der Waals surface area contributed by atoms with E-state index >= 15 is 0 Å². The first-order valence-electron chi connectivity index (χ1n) is 8.37. The third kappa shape index (κ3) is 7.91. The fourth-order valence-electron chi connectivity index (χ4n) is 2.47. The third-order valence-corrected chi connectivity index (χ3v) is 4.98. The van der Waals surface area contributed by atoms with Gasteiger partial charge in [-0.1, -0.05) is 6.07 Å². The monoisotopic (exact) mass is 480 g/mol. The number of rotatable bonds is 7. The molecule has 1 aliphatic rings. The fraction of sp³-hybridized carbons (Fsp3) is 0.647. The number of aliphatic imine (C=N–C) groups is 1. The van der Waals surface area contributed by atoms with Crippen molar-refractivity contribution in [3.8, 4) is 0 Å². The molecule has 0 aromatic carbocycles. The minimum atomic E-state index is -0.151. The molecule has 1 aliphatic heterocycles. The average Bonchev–Trinajstić information content (AvgIpc) is 3.21. The van der Waals surface area contributed by atoms with Crippen LogP contribution in [0, 0.1) is 0 Å². The van der Waals surface area contributed by atoms with Crippen molar-refractivity contribution >= 4 is 47.2 Å². The van der Waals surface area contributed by atoms with Crippen LogP contribution in [0.1, 0.15) is 24.6 Å². The summed E-state index contributed by atoms with van der Waals surface area (Å²) in [4.78, 5) is 19.1. The number of nitrogens with one attached hydrogen (secondary N) is 2. The van der Waals surface area contributed by atoms with Crippen LogP contribution < -0.4 is 10.6 Å². The predicted octanol–water partition coefficient (Wildman–Crippen LogP) is 2.10. The van der Waals surface area contributed by atoms with Gasteiger partial charge in [0.05, 0.1) is 5.60 Å². The summed E-state index contributed by atoms with van der Waals surface area (Å²) >= 11 is 1.75. The number of likely N-dealkylation sites (N-methyl/N-ethyl adjacent to an activating group) is 1. The third-order valence-electron chi connectivity index (χ3n) is 4.05. The molecule has 0 bridgehead atoms. The van der Waals surface area contributed by atoms with Crippen molar-refractivity contribution in [3.05, 3.63) is 22.4 Å². The number of ether oxygens (including phenoxy) is 1. The van der Waals surface area contributed by atoms with Gasteiger partial charge in [0.1, 0.15) is 6.54 Å². The number of thiophene rings is 1. The zero-order valence-corrected chi connectivity index (χ0v) is 18.4. The van der Waals surface area contributed by atoms with E-state index in [4.69, 9.17) is 4.74 Å². The number of carbonyl (C=O) groups is 1. The number of hydrogen-bond donors (Lipinski definition) is 2. The van der Waals surface area contributed by atoms with Crippen molar-refractivity contribution in [2.45, 2.75) is 31.8 Å². The van der Waals surface area contributed by atoms with Gasteiger partial charge in [-0.25, -0.2) is 4.99 Å². The predicted molar refractivity (Wildman–Crippen MR) is 114 cm³/mol. The first kappa shape index (κ1) is 22.2. The molecule has 6 nitrogen and oxygen atoms in total. The van der Waals surface area contributed by atoms with Crippen molar-refractivity contribution in [3.63, 3.8) is 0 Å². The molecule has 0 radical (unpaired) electrons. The van der Waals surface area contributed by atoms with Crippen LogP contribution in [-0.4, -0.2) is 62.7 Å². The number of carbonyl (C=O) groups excluding carboxylic acids is 1. The van der Waals surface area contributed by atoms with Gasteiger partial charge >= 0.3 is 0 Å². The van der Waals surface area contributed by atoms with Crippen LogP contribution in [-0.2, 0) is 16.0 Å². The van der Waals surface area contributed by atoms with Gasteiger partial charge in [-0.15, -0.1) is 35.3 Å². The number of amides is 1. The lowest BCUT2D eigenvalue weighted by molar-refractivity contribution is -0.127. The summed E-state index contributed by atoms with van der Waals surface area (Å²) in [5.41, 5.74) is -0.151. The normalized spacial score (nSPS) is 20.0. The van der Waals surface area contributed by atoms with E-state index in [2.05, 4.69) is 40.1 Å². The molecule has 0 spiro atoms. The standard InChI is InChI=1S/C17H28N4O2S.HI/c1-17(8-5-10-23-17)13-20-16(19-12-15(22)21(2)3)18-9-7-14-6-4-11-24-14;/h4,6,11H,5,7-10,12-13H2,1-3H3,(H2,18,19,20);1H. The summed E-state index contributed by atoms with van der Waals surface area (Å²) in [5, 5.41) is 8.72. The van der Waals surface area contributed by atoms with Crippen LogP contribution in [0.5, 0.6) is 0 Å². The van der Waals surface area contributed by atoms with Crippen molar-refractivity contribution in [1.29, 1.82) is 0 Å². The van der Waals surface area contributed by atoms with E-state index < -0.39 is 0 Å². The van der Waals surface area contributed by atoms with Gasteiger partial charge in [0.25, 0.3) is 0 Å². The lowest BCUT2D eigenvalue weighted by Crippen LogP contribution is -2.46. The Morgan fingerprint density at radius 3 is 2.84 bits per heavy atom. The Morgan fingerprint density at radius 1 is 1.44 bits per heavy atom. The maximum Gasteiger partial charge on any atom is 0.243 e. The van der Waals surface area contributed by atoms with E-state index in [-0.39, 0.29) is 42.0 Å². The molecule has 1 amide bonds. The Balaban J connectivity index is 0.00000312. The summed E-state index contributed by atoms with van der Waals surface area (Å²) < 4.78 is 5.80. The van der Waals surface area contributed by atoms with Gasteiger partial charge < -0.3 is 20.3 Å². The largest absolute Gasteiger partial charge is 0.373 e. The quantitative estimate of drug-likeness (QED) is 0.357. The molecule has 1 fully saturated rings. The second kappa shape index (κ2) is 11.0. The maximum atomic E-state index is 11.8. The Hall–Kier alpha value is -0.870. The van der Waals surface area contributed by atoms with Gasteiger partial charge in [-0.2, -0.15) is 0 Å². The molecule has 0 aliphatic carbocycles. The smallest absolute Gasteiger partial charge is 0.243 e. The topological polar surface area (TPSA) is 66.0 Å². The summed E-state index contributed by atoms with van der Waals surface area (Å²) in [7, 11) is 3.48. The van der Waals surface area contributed by atoms with Crippen molar-refractivity contribution in [2.75, 3.05) is 40.3 Å². The van der Waals surface area contributed by atoms with Crippen LogP contribution in [0.4, 0.5) is 0 Å². The highest BCUT2D eigenvalue weighted by molar-refractivity contribution is 14.0. The molecule has 2 rings (SSSR count). The molecule has 1 aromatic heterocycles. The number of guanidine groups is 1. The summed E-state index contributed by atoms with van der Waals surface area (Å²) in [6, 6.07) is 4.18. The molecular formula is C17H29IN4O2S. The summed E-state index contributed by atoms with van der Waals surface area (Å²) in [6.07, 6.45) is 3.07. The van der Waals surface area contributed by atoms with E-state index in [0.29, 0.717) is 12.5 Å². The minimum Gasteiger partial charge on any atom is -0.373 e. The molecule has 0 saturated carbocycles. The molecule has 1 unspecified atom stereocenters. The van der Waals surface area contributed by atoms with Crippen LogP contribution in [0.15, 0.2) is 22.5 Å². The molecule has 2 N–H and O–H groups in total. The van der Waals surface area contributed by atoms with Crippen LogP contribution >= 0.6 is 35.3 Å². The fourth-order valence-corrected chi connectivity index (χ4v) is 3.18. The second-order valence-corrected chi connectivity index (χ2v) is 7.50. The highest BCUT2D eigenvalue weighted by Gasteiger charge is 2.29. The van der Waals surface area contributed by atoms with E-state index in [1.807, 2.05) is 0 Å². The molecule has 2 heterocycles. The van der Waals surface area contributed by atoms with E-state index in [1.165, 1.54) is 4.88 Å². The second-order valence-electron chi connectivity index (χ2n) is 6.46. The summed E-state index contributed by atoms with van der Waals surface area (Å²) in [5.74, 6) is 0.649. The molecule has 142 valence electrons. The molecule has 25 heavy (non-hydrogen) atoms. The van der Waals surface area contributed by atoms with E-state index in [0.717, 1.165) is 32.4 Å². The number of nitrogens with zero attached hydrogens (tertiary/aromatic N) is 2. The summed E-state index contributed by atoms with van der Waals surface area (Å²) in [6.45, 7) is 4.53. The average molecular weight is 480 g/mol. The van der Waals surface area contributed by atoms with Crippen molar-refractivity contribution < 1.29 is 9.53 Å². The van der Waals surface area contributed by atoms with Gasteiger partial charge in [-0.3, -0.25) is 4.79 Å². The molecule has 8 heteroatoms. The molecular weight excluding hydrogens is 451 g/mol. The number of hydrogen-bond acceptors (Lipinski definition) is 4. The SMILES string of the molecule is CN(C)C(=O)CN=C(NCCc1cccs1)NCC1(C)CCCO1.I. The van der Waals surface area contributed by atoms with Crippen LogP contribution in [0.25, 0.3) is 0 Å². The molecule has 1 atom stereocenters. The Bertz CT molecular complexity index is 543. The Kier molecular flexibility index (Phi) is 9.73. The van der Waals surface area contributed by atoms with Crippen molar-refractivity contribution in [2.24, 2.45) is 4.99 Å². The van der Waals surface area contributed by atoms with Gasteiger partial charge in [-0.05, 0) is 37.6 Å². The molecule has 1 aromatic rings. The van der Waals surface area contributed by atoms with E-state index in [9.17, 15) is 4.79 Å². The molecule has 1 saturated heterocycles. The zero-order chi connectivity index (χ0) is 17.4. The van der Waals surface area contributed by atoms with Crippen molar-refractivity contribution in [1.82, 2.24) is 15.5 Å². The highest BCUT2D eigenvalue weighted by atomic mass is 127. The first-order chi connectivity index (χ1) is 11.5. The van der Waals surface area contributed by atoms with Crippen LogP contribution in [0.2, 0.25) is 0 Å². The zero-order valence-electron chi connectivity index (χ0n) is 15.2. The first-order valence-corrected chi connectivity index (χ1v) is 9.25. The van der Waals surface area contributed by atoms with E-state index in [1.54, 1.807) is 30.3 Å². The Labute approximate surface area is 171 Å². The van der Waals surface area contributed by atoms with Crippen LogP contribution in [0.3, 0.4) is 0 Å². The highest BCUT2D eigenvalue weighted by Crippen LogP contribution is 2.23. The van der Waals surface area contributed by atoms with Gasteiger partial charge in [0, 0.05) is 38.7 Å². The minimum absolute atomic E-state index is 0. The van der Waals surface area contributed by atoms with Gasteiger partial charge in [0.2, 0.25) is 5.91 Å². The maximum absolute atomic E-state index is 11.8. The lowest BCUT2D eigenvalue weighted by atomic mass is 10.0. The van der Waals surface area contributed by atoms with Gasteiger partial charge in [0.15, 0.2) is 5.96 Å². The lowest BCUT2D eigenvalue weighted by Gasteiger charge is -2.25.